The average Bonchev–Trinajstić information content (AvgIpc) is 3.18. The first-order chi connectivity index (χ1) is 16.1. The van der Waals surface area contributed by atoms with Crippen LogP contribution in [0.25, 0.3) is 0 Å². The Balaban J connectivity index is 2.26. The van der Waals surface area contributed by atoms with Crippen molar-refractivity contribution >= 4 is 5.97 Å². The van der Waals surface area contributed by atoms with E-state index in [0.717, 1.165) is 64.2 Å². The van der Waals surface area contributed by atoms with Gasteiger partial charge in [-0.25, -0.2) is 0 Å². The van der Waals surface area contributed by atoms with E-state index in [-0.39, 0.29) is 30.9 Å². The maximum Gasteiger partial charge on any atom is 0.305 e. The van der Waals surface area contributed by atoms with Crippen LogP contribution in [-0.2, 0) is 28.5 Å². The molecule has 8 nitrogen and oxygen atoms in total. The summed E-state index contributed by atoms with van der Waals surface area (Å²) in [6, 6.07) is 0. The molecule has 0 aromatic rings. The van der Waals surface area contributed by atoms with Crippen molar-refractivity contribution in [1.82, 2.24) is 0 Å². The second-order valence-corrected chi connectivity index (χ2v) is 8.75. The lowest BCUT2D eigenvalue weighted by atomic mass is 10.0. The number of rotatable bonds is 22. The molecule has 196 valence electrons. The first-order valence-corrected chi connectivity index (χ1v) is 12.9. The molecule has 0 amide bonds. The van der Waals surface area contributed by atoms with E-state index in [9.17, 15) is 9.90 Å². The van der Waals surface area contributed by atoms with Crippen molar-refractivity contribution in [3.05, 3.63) is 0 Å². The lowest BCUT2D eigenvalue weighted by Crippen LogP contribution is -2.31. The fraction of sp³-hybridized carbons (Fsp3) is 0.960. The van der Waals surface area contributed by atoms with Crippen molar-refractivity contribution in [3.8, 4) is 0 Å². The van der Waals surface area contributed by atoms with Crippen molar-refractivity contribution < 1.29 is 38.7 Å². The van der Waals surface area contributed by atoms with E-state index in [4.69, 9.17) is 24.1 Å². The fourth-order valence-electron chi connectivity index (χ4n) is 4.12. The number of unbranched alkanes of at least 4 members (excludes halogenated alkanes) is 6. The van der Waals surface area contributed by atoms with Crippen molar-refractivity contribution in [1.29, 1.82) is 0 Å². The van der Waals surface area contributed by atoms with Gasteiger partial charge in [0.05, 0.1) is 71.2 Å². The topological polar surface area (TPSA) is 104 Å². The number of aliphatic hydroxyl groups excluding tert-OH is 2. The third-order valence-electron chi connectivity index (χ3n) is 6.02. The Morgan fingerprint density at radius 3 is 2.39 bits per heavy atom. The Morgan fingerprint density at radius 1 is 0.970 bits per heavy atom. The van der Waals surface area contributed by atoms with Gasteiger partial charge in [-0.15, -0.1) is 0 Å². The van der Waals surface area contributed by atoms with Gasteiger partial charge < -0.3 is 33.9 Å². The molecule has 0 radical (unpaired) electrons. The highest BCUT2D eigenvalue weighted by Crippen LogP contribution is 2.29. The number of carbonyl (C=O) groups is 1. The van der Waals surface area contributed by atoms with Gasteiger partial charge in [0.15, 0.2) is 0 Å². The van der Waals surface area contributed by atoms with Crippen LogP contribution in [0, 0.1) is 0 Å². The lowest BCUT2D eigenvalue weighted by molar-refractivity contribution is -0.140. The van der Waals surface area contributed by atoms with Crippen LogP contribution < -0.4 is 0 Å². The molecule has 8 heteroatoms. The number of ether oxygens (including phenoxy) is 5. The molecule has 1 fully saturated rings. The molecule has 4 unspecified atom stereocenters. The van der Waals surface area contributed by atoms with Crippen LogP contribution in [0.15, 0.2) is 0 Å². The molecule has 0 spiro atoms. The quantitative estimate of drug-likeness (QED) is 0.181. The van der Waals surface area contributed by atoms with Crippen LogP contribution in [0.4, 0.5) is 0 Å². The second kappa shape index (κ2) is 20.6. The normalized spacial score (nSPS) is 21.4. The molecule has 2 N–H and O–H groups in total. The van der Waals surface area contributed by atoms with Crippen LogP contribution in [0.2, 0.25) is 0 Å². The smallest absolute Gasteiger partial charge is 0.305 e. The highest BCUT2D eigenvalue weighted by atomic mass is 16.6. The van der Waals surface area contributed by atoms with E-state index in [1.54, 1.807) is 0 Å². The molecule has 1 aliphatic heterocycles. The van der Waals surface area contributed by atoms with Gasteiger partial charge in [0, 0.05) is 12.8 Å². The number of carbonyl (C=O) groups excluding carboxylic acids is 1. The van der Waals surface area contributed by atoms with E-state index in [2.05, 4.69) is 11.7 Å². The Bertz CT molecular complexity index is 462. The van der Waals surface area contributed by atoms with Gasteiger partial charge in [0.1, 0.15) is 0 Å². The molecule has 1 saturated heterocycles. The van der Waals surface area contributed by atoms with Gasteiger partial charge in [-0.1, -0.05) is 51.9 Å². The first kappa shape index (κ1) is 30.3. The predicted molar refractivity (Wildman–Crippen MR) is 126 cm³/mol. The predicted octanol–water partition coefficient (Wildman–Crippen LogP) is 3.40. The molecular weight excluding hydrogens is 428 g/mol. The highest BCUT2D eigenvalue weighted by Gasteiger charge is 2.38. The number of esters is 1. The number of hydrogen-bond acceptors (Lipinski definition) is 8. The number of aliphatic hydroxyl groups is 2. The zero-order valence-electron chi connectivity index (χ0n) is 20.9. The molecule has 1 aliphatic rings. The summed E-state index contributed by atoms with van der Waals surface area (Å²) < 4.78 is 27.7. The first-order valence-electron chi connectivity index (χ1n) is 12.9. The van der Waals surface area contributed by atoms with Crippen LogP contribution in [0.5, 0.6) is 0 Å². The zero-order valence-corrected chi connectivity index (χ0v) is 20.9. The van der Waals surface area contributed by atoms with Gasteiger partial charge in [-0.3, -0.25) is 4.79 Å². The van der Waals surface area contributed by atoms with Gasteiger partial charge in [0.2, 0.25) is 0 Å². The molecule has 0 aromatic carbocycles. The minimum Gasteiger partial charge on any atom is -0.469 e. The van der Waals surface area contributed by atoms with Gasteiger partial charge in [-0.05, 0) is 19.3 Å². The average molecular weight is 477 g/mol. The molecule has 1 rings (SSSR count). The summed E-state index contributed by atoms with van der Waals surface area (Å²) in [6.45, 7) is 4.46. The standard InChI is InChI=1S/C25H48O8/c1-3-4-8-12-23(32-19-18-31-17-16-30-15-14-26)24-20-21(27)22(33-24)11-9-6-5-7-10-13-25(28)29-2/h21-24,26-27H,3-20H2,1-2H3. The van der Waals surface area contributed by atoms with Gasteiger partial charge in [0.25, 0.3) is 0 Å². The van der Waals surface area contributed by atoms with Crippen molar-refractivity contribution in [2.45, 2.75) is 108 Å². The van der Waals surface area contributed by atoms with E-state index >= 15 is 0 Å². The third-order valence-corrected chi connectivity index (χ3v) is 6.02. The zero-order chi connectivity index (χ0) is 24.2. The number of methoxy groups -OCH3 is 1. The van der Waals surface area contributed by atoms with E-state index in [1.807, 2.05) is 0 Å². The second-order valence-electron chi connectivity index (χ2n) is 8.75. The van der Waals surface area contributed by atoms with E-state index in [0.29, 0.717) is 45.9 Å². The Hall–Kier alpha value is -0.770. The maximum absolute atomic E-state index is 11.1. The summed E-state index contributed by atoms with van der Waals surface area (Å²) in [7, 11) is 1.42. The molecule has 33 heavy (non-hydrogen) atoms. The molecule has 4 atom stereocenters. The molecule has 0 aliphatic carbocycles. The third kappa shape index (κ3) is 15.0. The summed E-state index contributed by atoms with van der Waals surface area (Å²) in [5, 5.41) is 19.2. The summed E-state index contributed by atoms with van der Waals surface area (Å²) in [6.07, 6.45) is 10.7. The maximum atomic E-state index is 11.1. The molecular formula is C25H48O8. The molecule has 1 heterocycles. The fourth-order valence-corrected chi connectivity index (χ4v) is 4.12. The number of hydrogen-bond donors (Lipinski definition) is 2. The highest BCUT2D eigenvalue weighted by molar-refractivity contribution is 5.68. The van der Waals surface area contributed by atoms with Crippen molar-refractivity contribution in [3.63, 3.8) is 0 Å². The SMILES string of the molecule is CCCCCC(OCCOCCOCCO)C1CC(O)C(CCCCCCCC(=O)OC)O1. The van der Waals surface area contributed by atoms with Gasteiger partial charge >= 0.3 is 5.97 Å². The summed E-state index contributed by atoms with van der Waals surface area (Å²) in [4.78, 5) is 11.1. The van der Waals surface area contributed by atoms with Crippen LogP contribution in [0.1, 0.15) is 84.0 Å². The minimum atomic E-state index is -0.438. The van der Waals surface area contributed by atoms with Crippen LogP contribution >= 0.6 is 0 Å². The summed E-state index contributed by atoms with van der Waals surface area (Å²) in [5.74, 6) is -0.141. The van der Waals surface area contributed by atoms with E-state index < -0.39 is 6.10 Å². The largest absolute Gasteiger partial charge is 0.469 e. The monoisotopic (exact) mass is 476 g/mol. The molecule has 0 aromatic heterocycles. The Morgan fingerprint density at radius 2 is 1.67 bits per heavy atom. The Labute approximate surface area is 200 Å². The van der Waals surface area contributed by atoms with Crippen LogP contribution in [-0.4, -0.2) is 87.3 Å². The van der Waals surface area contributed by atoms with Gasteiger partial charge in [-0.2, -0.15) is 0 Å². The van der Waals surface area contributed by atoms with E-state index in [1.165, 1.54) is 7.11 Å². The van der Waals surface area contributed by atoms with Crippen LogP contribution in [0.3, 0.4) is 0 Å². The summed E-state index contributed by atoms with van der Waals surface area (Å²) >= 11 is 0. The van der Waals surface area contributed by atoms with Crippen molar-refractivity contribution in [2.75, 3.05) is 46.8 Å². The molecule has 0 saturated carbocycles. The minimum absolute atomic E-state index is 0.0217. The Kier molecular flexibility index (Phi) is 18.9. The summed E-state index contributed by atoms with van der Waals surface area (Å²) in [5.41, 5.74) is 0. The molecule has 0 bridgehead atoms. The lowest BCUT2D eigenvalue weighted by Gasteiger charge is -2.24. The van der Waals surface area contributed by atoms with Crippen molar-refractivity contribution in [2.24, 2.45) is 0 Å².